The van der Waals surface area contributed by atoms with E-state index in [2.05, 4.69) is 27.3 Å². The number of nitrogens with one attached hydrogen (secondary N) is 1. The molecule has 1 saturated heterocycles. The number of likely N-dealkylation sites (tertiary alicyclic amines) is 1. The number of anilines is 1. The Morgan fingerprint density at radius 1 is 1.15 bits per heavy atom. The van der Waals surface area contributed by atoms with Gasteiger partial charge in [0.1, 0.15) is 5.76 Å². The second-order valence-electron chi connectivity index (χ2n) is 7.91. The summed E-state index contributed by atoms with van der Waals surface area (Å²) in [5.74, 6) is 1.52. The lowest BCUT2D eigenvalue weighted by Gasteiger charge is -2.36. The lowest BCUT2D eigenvalue weighted by molar-refractivity contribution is 0.0556. The van der Waals surface area contributed by atoms with Crippen LogP contribution in [0, 0.1) is 20.8 Å². The zero-order chi connectivity index (χ0) is 19.0. The molecule has 0 bridgehead atoms. The predicted molar refractivity (Wildman–Crippen MR) is 103 cm³/mol. The first-order chi connectivity index (χ1) is 13.0. The van der Waals surface area contributed by atoms with Crippen LogP contribution in [0.3, 0.4) is 0 Å². The van der Waals surface area contributed by atoms with Crippen molar-refractivity contribution in [3.63, 3.8) is 0 Å². The Morgan fingerprint density at radius 3 is 2.70 bits per heavy atom. The number of nitrogens with zero attached hydrogens (tertiary/aromatic N) is 4. The van der Waals surface area contributed by atoms with Gasteiger partial charge in [-0.05, 0) is 58.4 Å². The largest absolute Gasteiger partial charge is 0.390 e. The topological polar surface area (TPSA) is 87.3 Å². The van der Waals surface area contributed by atoms with Crippen LogP contribution < -0.4 is 5.32 Å². The third kappa shape index (κ3) is 3.84. The molecule has 2 atom stereocenters. The maximum atomic E-state index is 10.7. The van der Waals surface area contributed by atoms with Gasteiger partial charge in [-0.2, -0.15) is 0 Å². The zero-order valence-corrected chi connectivity index (χ0v) is 16.5. The first kappa shape index (κ1) is 18.4. The van der Waals surface area contributed by atoms with E-state index in [0.717, 1.165) is 55.1 Å². The van der Waals surface area contributed by atoms with Gasteiger partial charge in [-0.1, -0.05) is 5.16 Å². The predicted octanol–water partition coefficient (Wildman–Crippen LogP) is 2.32. The van der Waals surface area contributed by atoms with Crippen molar-refractivity contribution in [2.75, 3.05) is 18.4 Å². The first-order valence-corrected chi connectivity index (χ1v) is 9.96. The molecule has 2 N–H and O–H groups in total. The third-order valence-electron chi connectivity index (χ3n) is 5.93. The van der Waals surface area contributed by atoms with Crippen molar-refractivity contribution < 1.29 is 9.63 Å². The van der Waals surface area contributed by atoms with Gasteiger partial charge in [-0.15, -0.1) is 0 Å². The normalized spacial score (nSPS) is 23.3. The van der Waals surface area contributed by atoms with Crippen molar-refractivity contribution in [2.45, 2.75) is 71.6 Å². The highest BCUT2D eigenvalue weighted by Crippen LogP contribution is 2.24. The number of aliphatic hydroxyl groups excluding tert-OH is 1. The second kappa shape index (κ2) is 7.56. The van der Waals surface area contributed by atoms with Crippen LogP contribution in [0.25, 0.3) is 0 Å². The van der Waals surface area contributed by atoms with Crippen molar-refractivity contribution in [2.24, 2.45) is 0 Å². The molecular formula is C20H29N5O2. The van der Waals surface area contributed by atoms with Gasteiger partial charge >= 0.3 is 0 Å². The maximum absolute atomic E-state index is 10.7. The summed E-state index contributed by atoms with van der Waals surface area (Å²) in [5.41, 5.74) is 5.64. The molecule has 27 heavy (non-hydrogen) atoms. The molecule has 2 aromatic rings. The molecule has 1 aliphatic carbocycles. The molecule has 0 saturated carbocycles. The molecule has 146 valence electrons. The van der Waals surface area contributed by atoms with Crippen LogP contribution in [0.2, 0.25) is 0 Å². The highest BCUT2D eigenvalue weighted by Gasteiger charge is 2.29. The SMILES string of the molecule is Cc1nc(N[C@@H]2CCN(Cc3c(C)noc3C)C[C@H]2O)nc2c1CCCC2. The van der Waals surface area contributed by atoms with Crippen LogP contribution in [-0.2, 0) is 19.4 Å². The van der Waals surface area contributed by atoms with Crippen LogP contribution in [0.4, 0.5) is 5.95 Å². The van der Waals surface area contributed by atoms with Gasteiger partial charge < -0.3 is 14.9 Å². The fraction of sp³-hybridized carbons (Fsp3) is 0.650. The Labute approximate surface area is 160 Å². The van der Waals surface area contributed by atoms with E-state index in [1.165, 1.54) is 24.1 Å². The quantitative estimate of drug-likeness (QED) is 0.853. The molecule has 0 radical (unpaired) electrons. The van der Waals surface area contributed by atoms with Crippen LogP contribution in [-0.4, -0.2) is 50.4 Å². The molecule has 0 aromatic carbocycles. The van der Waals surface area contributed by atoms with E-state index in [0.29, 0.717) is 12.5 Å². The Hall–Kier alpha value is -1.99. The van der Waals surface area contributed by atoms with Gasteiger partial charge in [0.2, 0.25) is 5.95 Å². The molecule has 2 aliphatic rings. The monoisotopic (exact) mass is 371 g/mol. The van der Waals surface area contributed by atoms with Crippen molar-refractivity contribution in [1.29, 1.82) is 0 Å². The highest BCUT2D eigenvalue weighted by atomic mass is 16.5. The van der Waals surface area contributed by atoms with E-state index < -0.39 is 6.10 Å². The molecule has 0 spiro atoms. The molecule has 4 rings (SSSR count). The summed E-state index contributed by atoms with van der Waals surface area (Å²) in [4.78, 5) is 11.6. The molecule has 1 aliphatic heterocycles. The number of aryl methyl sites for hydroxylation is 4. The lowest BCUT2D eigenvalue weighted by Crippen LogP contribution is -2.49. The first-order valence-electron chi connectivity index (χ1n) is 9.96. The van der Waals surface area contributed by atoms with Gasteiger partial charge in [0.15, 0.2) is 0 Å². The number of hydrogen-bond donors (Lipinski definition) is 2. The van der Waals surface area contributed by atoms with Gasteiger partial charge in [0, 0.05) is 36.6 Å². The van der Waals surface area contributed by atoms with E-state index in [1.807, 2.05) is 13.8 Å². The summed E-state index contributed by atoms with van der Waals surface area (Å²) < 4.78 is 5.25. The van der Waals surface area contributed by atoms with Crippen LogP contribution >= 0.6 is 0 Å². The van der Waals surface area contributed by atoms with Crippen molar-refractivity contribution >= 4 is 5.95 Å². The van der Waals surface area contributed by atoms with E-state index in [1.54, 1.807) is 0 Å². The molecule has 7 nitrogen and oxygen atoms in total. The fourth-order valence-corrected chi connectivity index (χ4v) is 4.27. The Morgan fingerprint density at radius 2 is 1.96 bits per heavy atom. The van der Waals surface area contributed by atoms with Crippen molar-refractivity contribution in [1.82, 2.24) is 20.0 Å². The smallest absolute Gasteiger partial charge is 0.223 e. The molecule has 3 heterocycles. The fourth-order valence-electron chi connectivity index (χ4n) is 4.27. The zero-order valence-electron chi connectivity index (χ0n) is 16.5. The third-order valence-corrected chi connectivity index (χ3v) is 5.93. The molecule has 1 fully saturated rings. The summed E-state index contributed by atoms with van der Waals surface area (Å²) in [6.07, 6.45) is 4.94. The highest BCUT2D eigenvalue weighted by molar-refractivity contribution is 5.36. The van der Waals surface area contributed by atoms with Gasteiger partial charge in [0.05, 0.1) is 17.8 Å². The average Bonchev–Trinajstić information content (AvgIpc) is 2.96. The van der Waals surface area contributed by atoms with Gasteiger partial charge in [0.25, 0.3) is 0 Å². The van der Waals surface area contributed by atoms with Crippen molar-refractivity contribution in [3.8, 4) is 0 Å². The number of piperidine rings is 1. The standard InChI is InChI=1S/C20H29N5O2/c1-12-15-6-4-5-7-17(15)22-20(21-12)23-18-8-9-25(11-19(18)26)10-16-13(2)24-27-14(16)3/h18-19,26H,4-11H2,1-3H3,(H,21,22,23)/t18-,19-/m1/s1. The van der Waals surface area contributed by atoms with Gasteiger partial charge in [-0.25, -0.2) is 9.97 Å². The molecule has 7 heteroatoms. The number of rotatable bonds is 4. The van der Waals surface area contributed by atoms with E-state index in [-0.39, 0.29) is 6.04 Å². The maximum Gasteiger partial charge on any atom is 0.223 e. The summed E-state index contributed by atoms with van der Waals surface area (Å²) in [6.45, 7) is 8.26. The minimum absolute atomic E-state index is 0.0213. The van der Waals surface area contributed by atoms with E-state index >= 15 is 0 Å². The van der Waals surface area contributed by atoms with Crippen LogP contribution in [0.15, 0.2) is 4.52 Å². The molecule has 2 aromatic heterocycles. The number of hydrogen-bond acceptors (Lipinski definition) is 7. The van der Waals surface area contributed by atoms with Gasteiger partial charge in [-0.3, -0.25) is 4.90 Å². The van der Waals surface area contributed by atoms with Crippen LogP contribution in [0.1, 0.15) is 53.2 Å². The minimum Gasteiger partial charge on any atom is -0.390 e. The van der Waals surface area contributed by atoms with E-state index in [9.17, 15) is 5.11 Å². The Balaban J connectivity index is 1.40. The lowest BCUT2D eigenvalue weighted by atomic mass is 9.95. The average molecular weight is 371 g/mol. The number of aromatic nitrogens is 3. The molecule has 0 unspecified atom stereocenters. The Kier molecular flexibility index (Phi) is 5.14. The van der Waals surface area contributed by atoms with Crippen LogP contribution in [0.5, 0.6) is 0 Å². The Bertz CT molecular complexity index is 799. The summed E-state index contributed by atoms with van der Waals surface area (Å²) >= 11 is 0. The molecule has 0 amide bonds. The number of fused-ring (bicyclic) bond motifs is 1. The summed E-state index contributed by atoms with van der Waals surface area (Å²) in [6, 6.07) is -0.0213. The van der Waals surface area contributed by atoms with Crippen molar-refractivity contribution in [3.05, 3.63) is 34.0 Å². The number of aliphatic hydroxyl groups is 1. The second-order valence-corrected chi connectivity index (χ2v) is 7.91. The minimum atomic E-state index is -0.459. The molecular weight excluding hydrogens is 342 g/mol. The number of β-amino-alcohol motifs (C(OH)–C–C–N with tert-alkyl or cyclic N) is 1. The van der Waals surface area contributed by atoms with E-state index in [4.69, 9.17) is 9.51 Å². The summed E-state index contributed by atoms with van der Waals surface area (Å²) in [7, 11) is 0. The summed E-state index contributed by atoms with van der Waals surface area (Å²) in [5, 5.41) is 18.1.